The van der Waals surface area contributed by atoms with Crippen LogP contribution in [0.3, 0.4) is 0 Å². The molecule has 1 heterocycles. The van der Waals surface area contributed by atoms with Gasteiger partial charge in [-0.3, -0.25) is 29.2 Å². The van der Waals surface area contributed by atoms with Crippen molar-refractivity contribution in [1.82, 2.24) is 9.55 Å². The number of nitrogens with zero attached hydrogens (tertiary/aromatic N) is 5. The van der Waals surface area contributed by atoms with Crippen LogP contribution in [0.1, 0.15) is 0 Å². The van der Waals surface area contributed by atoms with E-state index in [2.05, 4.69) is 4.98 Å². The summed E-state index contributed by atoms with van der Waals surface area (Å²) in [6.07, 6.45) is 1.21. The van der Waals surface area contributed by atoms with Gasteiger partial charge in [0.15, 0.2) is 0 Å². The molecular formula is C18H13N5O4. The van der Waals surface area contributed by atoms with Crippen LogP contribution in [0.2, 0.25) is 0 Å². The van der Waals surface area contributed by atoms with E-state index in [0.717, 1.165) is 10.6 Å². The van der Waals surface area contributed by atoms with E-state index in [4.69, 9.17) is 5.26 Å². The summed E-state index contributed by atoms with van der Waals surface area (Å²) in [6, 6.07) is 14.3. The minimum atomic E-state index is -0.606. The lowest BCUT2D eigenvalue weighted by molar-refractivity contribution is -0.384. The predicted molar refractivity (Wildman–Crippen MR) is 97.1 cm³/mol. The number of nitriles is 1. The molecule has 134 valence electrons. The van der Waals surface area contributed by atoms with E-state index in [1.54, 1.807) is 30.3 Å². The molecule has 0 aliphatic rings. The summed E-state index contributed by atoms with van der Waals surface area (Å²) < 4.78 is 1.07. The molecule has 9 nitrogen and oxygen atoms in total. The first kappa shape index (κ1) is 17.8. The molecule has 0 aliphatic heterocycles. The van der Waals surface area contributed by atoms with E-state index in [1.807, 2.05) is 6.07 Å². The van der Waals surface area contributed by atoms with Gasteiger partial charge in [-0.2, -0.15) is 5.26 Å². The van der Waals surface area contributed by atoms with Gasteiger partial charge in [0.05, 0.1) is 28.2 Å². The summed E-state index contributed by atoms with van der Waals surface area (Å²) in [7, 11) is 0. The van der Waals surface area contributed by atoms with E-state index in [9.17, 15) is 19.7 Å². The molecule has 0 bridgehead atoms. The summed E-state index contributed by atoms with van der Waals surface area (Å²) in [4.78, 5) is 40.9. The molecule has 1 amide bonds. The number of amides is 1. The zero-order valence-electron chi connectivity index (χ0n) is 14.0. The van der Waals surface area contributed by atoms with E-state index < -0.39 is 16.4 Å². The number of nitro benzene ring substituents is 1. The van der Waals surface area contributed by atoms with Crippen molar-refractivity contribution in [2.24, 2.45) is 0 Å². The van der Waals surface area contributed by atoms with Crippen molar-refractivity contribution in [3.8, 4) is 6.07 Å². The van der Waals surface area contributed by atoms with Crippen LogP contribution in [0.25, 0.3) is 10.9 Å². The largest absolute Gasteiger partial charge is 0.297 e. The fourth-order valence-corrected chi connectivity index (χ4v) is 2.61. The molecule has 27 heavy (non-hydrogen) atoms. The van der Waals surface area contributed by atoms with E-state index in [1.165, 1.54) is 23.4 Å². The van der Waals surface area contributed by atoms with Crippen molar-refractivity contribution < 1.29 is 9.72 Å². The van der Waals surface area contributed by atoms with Crippen LogP contribution in [-0.2, 0) is 11.3 Å². The Morgan fingerprint density at radius 3 is 2.67 bits per heavy atom. The number of carbonyl (C=O) groups is 1. The highest BCUT2D eigenvalue weighted by Crippen LogP contribution is 2.17. The highest BCUT2D eigenvalue weighted by Gasteiger charge is 2.18. The third-order valence-electron chi connectivity index (χ3n) is 3.92. The number of hydrogen-bond acceptors (Lipinski definition) is 6. The molecule has 3 aromatic rings. The Balaban J connectivity index is 1.96. The number of carbonyl (C=O) groups excluding carboxylic acids is 1. The SMILES string of the molecule is N#CCN(C(=O)Cn1cnc2ccc([N+](=O)[O-])cc2c1=O)c1ccccc1. The first-order chi connectivity index (χ1) is 13.0. The number of hydrogen-bond donors (Lipinski definition) is 0. The highest BCUT2D eigenvalue weighted by atomic mass is 16.6. The van der Waals surface area contributed by atoms with Crippen LogP contribution >= 0.6 is 0 Å². The van der Waals surface area contributed by atoms with Crippen molar-refractivity contribution in [1.29, 1.82) is 5.26 Å². The molecule has 0 unspecified atom stereocenters. The molecule has 2 aromatic carbocycles. The number of anilines is 1. The average molecular weight is 363 g/mol. The van der Waals surface area contributed by atoms with Gasteiger partial charge in [-0.1, -0.05) is 18.2 Å². The summed E-state index contributed by atoms with van der Waals surface area (Å²) in [5.74, 6) is -0.476. The van der Waals surface area contributed by atoms with Gasteiger partial charge in [0, 0.05) is 17.8 Å². The zero-order chi connectivity index (χ0) is 19.4. The molecule has 0 saturated carbocycles. The number of para-hydroxylation sites is 1. The standard InChI is InChI=1S/C18H13N5O4/c19-8-9-22(13-4-2-1-3-5-13)17(24)11-21-12-20-16-7-6-14(23(26)27)10-15(16)18(21)25/h1-7,10,12H,9,11H2. The fourth-order valence-electron chi connectivity index (χ4n) is 2.61. The molecule has 9 heteroatoms. The number of nitro groups is 1. The normalized spacial score (nSPS) is 10.3. The lowest BCUT2D eigenvalue weighted by Gasteiger charge is -2.20. The smallest absolute Gasteiger partial charge is 0.270 e. The van der Waals surface area contributed by atoms with Gasteiger partial charge in [0.2, 0.25) is 5.91 Å². The molecule has 1 aromatic heterocycles. The number of non-ortho nitro benzene ring substituents is 1. The van der Waals surface area contributed by atoms with E-state index in [0.29, 0.717) is 11.2 Å². The van der Waals surface area contributed by atoms with E-state index in [-0.39, 0.29) is 24.2 Å². The number of benzene rings is 2. The third-order valence-corrected chi connectivity index (χ3v) is 3.92. The first-order valence-electron chi connectivity index (χ1n) is 7.87. The second kappa shape index (κ2) is 7.45. The lowest BCUT2D eigenvalue weighted by atomic mass is 10.2. The average Bonchev–Trinajstić information content (AvgIpc) is 2.68. The Labute approximate surface area is 152 Å². The molecule has 0 saturated heterocycles. The molecule has 0 spiro atoms. The zero-order valence-corrected chi connectivity index (χ0v) is 14.0. The molecular weight excluding hydrogens is 350 g/mol. The summed E-state index contributed by atoms with van der Waals surface area (Å²) >= 11 is 0. The molecule has 0 N–H and O–H groups in total. The molecule has 0 fully saturated rings. The van der Waals surface area contributed by atoms with Crippen LogP contribution in [0.4, 0.5) is 11.4 Å². The number of aromatic nitrogens is 2. The second-order valence-corrected chi connectivity index (χ2v) is 5.61. The maximum atomic E-state index is 12.6. The van der Waals surface area contributed by atoms with Gasteiger partial charge < -0.3 is 0 Å². The van der Waals surface area contributed by atoms with Crippen LogP contribution in [0, 0.1) is 21.4 Å². The maximum absolute atomic E-state index is 12.6. The number of fused-ring (bicyclic) bond motifs is 1. The highest BCUT2D eigenvalue weighted by molar-refractivity contribution is 5.93. The van der Waals surface area contributed by atoms with Crippen LogP contribution in [0.15, 0.2) is 59.7 Å². The predicted octanol–water partition coefficient (Wildman–Crippen LogP) is 1.86. The van der Waals surface area contributed by atoms with Gasteiger partial charge in [-0.15, -0.1) is 0 Å². The van der Waals surface area contributed by atoms with E-state index >= 15 is 0 Å². The van der Waals surface area contributed by atoms with Crippen molar-refractivity contribution in [3.63, 3.8) is 0 Å². The van der Waals surface area contributed by atoms with Gasteiger partial charge in [0.1, 0.15) is 13.1 Å². The van der Waals surface area contributed by atoms with Gasteiger partial charge in [0.25, 0.3) is 11.2 Å². The fraction of sp³-hybridized carbons (Fsp3) is 0.111. The lowest BCUT2D eigenvalue weighted by Crippen LogP contribution is -2.37. The quantitative estimate of drug-likeness (QED) is 0.387. The van der Waals surface area contributed by atoms with Crippen LogP contribution < -0.4 is 10.5 Å². The Hall–Kier alpha value is -4.06. The Bertz CT molecular complexity index is 1120. The molecule has 3 rings (SSSR count). The minimum absolute atomic E-state index is 0.0473. The van der Waals surface area contributed by atoms with Crippen LogP contribution in [0.5, 0.6) is 0 Å². The Kier molecular flexibility index (Phi) is 4.90. The minimum Gasteiger partial charge on any atom is -0.297 e. The Morgan fingerprint density at radius 2 is 2.00 bits per heavy atom. The number of rotatable bonds is 5. The third kappa shape index (κ3) is 3.64. The second-order valence-electron chi connectivity index (χ2n) is 5.61. The topological polar surface area (TPSA) is 122 Å². The van der Waals surface area contributed by atoms with Crippen molar-refractivity contribution in [2.75, 3.05) is 11.4 Å². The first-order valence-corrected chi connectivity index (χ1v) is 7.87. The summed E-state index contributed by atoms with van der Waals surface area (Å²) in [5.41, 5.74) is 0.0237. The van der Waals surface area contributed by atoms with Crippen molar-refractivity contribution in [3.05, 3.63) is 75.3 Å². The van der Waals surface area contributed by atoms with Gasteiger partial charge in [-0.25, -0.2) is 4.98 Å². The van der Waals surface area contributed by atoms with Gasteiger partial charge >= 0.3 is 0 Å². The van der Waals surface area contributed by atoms with Gasteiger partial charge in [-0.05, 0) is 18.2 Å². The van der Waals surface area contributed by atoms with Crippen molar-refractivity contribution >= 4 is 28.2 Å². The van der Waals surface area contributed by atoms with Crippen LogP contribution in [-0.4, -0.2) is 26.9 Å². The monoisotopic (exact) mass is 363 g/mol. The molecule has 0 aliphatic carbocycles. The summed E-state index contributed by atoms with van der Waals surface area (Å²) in [5, 5.41) is 20.0. The summed E-state index contributed by atoms with van der Waals surface area (Å²) in [6.45, 7) is -0.523. The molecule has 0 radical (unpaired) electrons. The Morgan fingerprint density at radius 1 is 1.26 bits per heavy atom. The van der Waals surface area contributed by atoms with Crippen molar-refractivity contribution in [2.45, 2.75) is 6.54 Å². The maximum Gasteiger partial charge on any atom is 0.270 e. The molecule has 0 atom stereocenters.